The quantitative estimate of drug-likeness (QED) is 0.356. The van der Waals surface area contributed by atoms with Crippen LogP contribution in [0.1, 0.15) is 5.69 Å². The average molecular weight is 414 g/mol. The summed E-state index contributed by atoms with van der Waals surface area (Å²) in [5.41, 5.74) is 12.8. The highest BCUT2D eigenvalue weighted by Crippen LogP contribution is 2.42. The molecule has 0 amide bonds. The maximum Gasteiger partial charge on any atom is 0.0923 e. The number of nitrogens with two attached hydrogens (primary N) is 1. The van der Waals surface area contributed by atoms with E-state index in [1.165, 1.54) is 21.7 Å². The fourth-order valence-corrected chi connectivity index (χ4v) is 4.89. The zero-order chi connectivity index (χ0) is 20.3. The van der Waals surface area contributed by atoms with Gasteiger partial charge in [0.2, 0.25) is 0 Å². The first-order valence-corrected chi connectivity index (χ1v) is 10.8. The van der Waals surface area contributed by atoms with E-state index in [9.17, 15) is 0 Å². The smallest absolute Gasteiger partial charge is 0.0923 e. The number of aromatic amines is 1. The second kappa shape index (κ2) is 8.16. The number of rotatable bonds is 4. The van der Waals surface area contributed by atoms with Gasteiger partial charge in [0.05, 0.1) is 34.8 Å². The summed E-state index contributed by atoms with van der Waals surface area (Å²) >= 11 is 1.77. The largest absolute Gasteiger partial charge is 0.399 e. The molecule has 150 valence electrons. The number of nitrogen functional groups attached to an aromatic ring is 1. The molecule has 0 bridgehead atoms. The third-order valence-electron chi connectivity index (χ3n) is 5.27. The van der Waals surface area contributed by atoms with Crippen LogP contribution in [0.2, 0.25) is 0 Å². The van der Waals surface area contributed by atoms with Crippen LogP contribution in [-0.2, 0) is 6.54 Å². The summed E-state index contributed by atoms with van der Waals surface area (Å²) in [7, 11) is 0. The number of fused-ring (bicyclic) bond motifs is 1. The molecule has 0 fully saturated rings. The summed E-state index contributed by atoms with van der Waals surface area (Å²) in [5.74, 6) is 0. The molecule has 3 aromatic carbocycles. The zero-order valence-electron chi connectivity index (χ0n) is 16.5. The molecule has 0 saturated heterocycles. The Kier molecular flexibility index (Phi) is 5.07. The number of aromatic nitrogens is 2. The van der Waals surface area contributed by atoms with Crippen molar-refractivity contribution < 1.29 is 0 Å². The molecular formula is C24H23N5S. The van der Waals surface area contributed by atoms with Crippen molar-refractivity contribution in [2.45, 2.75) is 11.4 Å². The molecule has 2 heterocycles. The van der Waals surface area contributed by atoms with E-state index >= 15 is 0 Å². The van der Waals surface area contributed by atoms with Crippen LogP contribution in [0.15, 0.2) is 90.2 Å². The molecule has 0 spiro atoms. The number of imidazole rings is 1. The van der Waals surface area contributed by atoms with Crippen LogP contribution in [-0.4, -0.2) is 23.1 Å². The van der Waals surface area contributed by atoms with Crippen LogP contribution >= 0.6 is 11.9 Å². The van der Waals surface area contributed by atoms with E-state index in [4.69, 9.17) is 5.73 Å². The molecule has 1 aliphatic heterocycles. The summed E-state index contributed by atoms with van der Waals surface area (Å²) < 4.78 is 2.39. The van der Waals surface area contributed by atoms with Crippen LogP contribution in [0, 0.1) is 0 Å². The monoisotopic (exact) mass is 413 g/mol. The number of nitrogens with zero attached hydrogens (tertiary/aromatic N) is 3. The number of hydrogen-bond donors (Lipinski definition) is 2. The van der Waals surface area contributed by atoms with Gasteiger partial charge >= 0.3 is 0 Å². The van der Waals surface area contributed by atoms with Crippen molar-refractivity contribution in [3.05, 3.63) is 91.0 Å². The number of benzene rings is 3. The molecule has 5 nitrogen and oxygen atoms in total. The van der Waals surface area contributed by atoms with E-state index in [0.717, 1.165) is 36.7 Å². The van der Waals surface area contributed by atoms with Gasteiger partial charge in [-0.25, -0.2) is 4.98 Å². The molecule has 5 rings (SSSR count). The van der Waals surface area contributed by atoms with E-state index in [2.05, 4.69) is 85.9 Å². The number of para-hydroxylation sites is 1. The van der Waals surface area contributed by atoms with Crippen molar-refractivity contribution in [3.63, 3.8) is 0 Å². The Hall–Kier alpha value is -3.38. The van der Waals surface area contributed by atoms with E-state index in [1.54, 1.807) is 18.3 Å². The summed E-state index contributed by atoms with van der Waals surface area (Å²) in [6, 6.07) is 25.3. The lowest BCUT2D eigenvalue weighted by atomic mass is 10.0. The summed E-state index contributed by atoms with van der Waals surface area (Å²) in [6.45, 7) is 2.50. The fraction of sp³-hybridized carbons (Fsp3) is 0.125. The second-order valence-electron chi connectivity index (χ2n) is 7.29. The molecule has 0 aliphatic carbocycles. The minimum atomic E-state index is 0.745. The molecule has 0 atom stereocenters. The van der Waals surface area contributed by atoms with Crippen molar-refractivity contribution >= 4 is 29.0 Å². The number of H-pyrrole nitrogens is 1. The highest BCUT2D eigenvalue weighted by atomic mass is 32.2. The molecular weight excluding hydrogens is 390 g/mol. The van der Waals surface area contributed by atoms with Crippen molar-refractivity contribution in [1.82, 2.24) is 9.97 Å². The average Bonchev–Trinajstić information content (AvgIpc) is 3.24. The predicted octanol–water partition coefficient (Wildman–Crippen LogP) is 5.19. The second-order valence-corrected chi connectivity index (χ2v) is 8.35. The van der Waals surface area contributed by atoms with Crippen LogP contribution < -0.4 is 14.9 Å². The van der Waals surface area contributed by atoms with Gasteiger partial charge in [-0.2, -0.15) is 0 Å². The van der Waals surface area contributed by atoms with E-state index in [-0.39, 0.29) is 0 Å². The molecule has 0 radical (unpaired) electrons. The molecule has 0 saturated carbocycles. The van der Waals surface area contributed by atoms with Gasteiger partial charge in [0.25, 0.3) is 0 Å². The lowest BCUT2D eigenvalue weighted by molar-refractivity contribution is 0.779. The SMILES string of the molecule is Nc1ccc2c(c1)N(Cc1c[nH]cn1)CCN(c1ccccc1-c1ccccc1)S2. The van der Waals surface area contributed by atoms with Gasteiger partial charge in [-0.15, -0.1) is 0 Å². The first-order valence-electron chi connectivity index (χ1n) is 10.00. The minimum absolute atomic E-state index is 0.745. The summed E-state index contributed by atoms with van der Waals surface area (Å²) in [5, 5.41) is 0. The fourth-order valence-electron chi connectivity index (χ4n) is 3.81. The van der Waals surface area contributed by atoms with Crippen molar-refractivity contribution in [2.24, 2.45) is 0 Å². The van der Waals surface area contributed by atoms with Gasteiger partial charge in [0.15, 0.2) is 0 Å². The lowest BCUT2D eigenvalue weighted by Crippen LogP contribution is -2.30. The van der Waals surface area contributed by atoms with E-state index in [0.29, 0.717) is 0 Å². The highest BCUT2D eigenvalue weighted by Gasteiger charge is 2.23. The molecule has 4 aromatic rings. The molecule has 30 heavy (non-hydrogen) atoms. The van der Waals surface area contributed by atoms with Gasteiger partial charge in [0.1, 0.15) is 0 Å². The Morgan fingerprint density at radius 3 is 2.60 bits per heavy atom. The Morgan fingerprint density at radius 1 is 0.933 bits per heavy atom. The number of nitrogens with one attached hydrogen (secondary N) is 1. The van der Waals surface area contributed by atoms with Gasteiger partial charge in [-0.1, -0.05) is 48.5 Å². The van der Waals surface area contributed by atoms with Crippen LogP contribution in [0.3, 0.4) is 0 Å². The maximum absolute atomic E-state index is 6.14. The molecule has 0 unspecified atom stereocenters. The summed E-state index contributed by atoms with van der Waals surface area (Å²) in [6.07, 6.45) is 3.68. The Labute approximate surface area is 180 Å². The molecule has 1 aromatic heterocycles. The molecule has 6 heteroatoms. The van der Waals surface area contributed by atoms with Crippen molar-refractivity contribution in [3.8, 4) is 11.1 Å². The zero-order valence-corrected chi connectivity index (χ0v) is 17.3. The third-order valence-corrected chi connectivity index (χ3v) is 6.41. The first kappa shape index (κ1) is 18.6. The highest BCUT2D eigenvalue weighted by molar-refractivity contribution is 8.00. The van der Waals surface area contributed by atoms with E-state index in [1.807, 2.05) is 12.3 Å². The van der Waals surface area contributed by atoms with Gasteiger partial charge < -0.3 is 19.9 Å². The predicted molar refractivity (Wildman–Crippen MR) is 126 cm³/mol. The molecule has 3 N–H and O–H groups in total. The Balaban J connectivity index is 1.52. The van der Waals surface area contributed by atoms with Crippen molar-refractivity contribution in [2.75, 3.05) is 28.0 Å². The van der Waals surface area contributed by atoms with Gasteiger partial charge in [0, 0.05) is 30.5 Å². The van der Waals surface area contributed by atoms with Crippen LogP contribution in [0.25, 0.3) is 11.1 Å². The van der Waals surface area contributed by atoms with Gasteiger partial charge in [-0.3, -0.25) is 0 Å². The Morgan fingerprint density at radius 2 is 1.77 bits per heavy atom. The lowest BCUT2D eigenvalue weighted by Gasteiger charge is -2.25. The molecule has 1 aliphatic rings. The number of anilines is 3. The summed E-state index contributed by atoms with van der Waals surface area (Å²) in [4.78, 5) is 11.0. The minimum Gasteiger partial charge on any atom is -0.399 e. The van der Waals surface area contributed by atoms with Crippen molar-refractivity contribution in [1.29, 1.82) is 0 Å². The maximum atomic E-state index is 6.14. The third kappa shape index (κ3) is 3.74. The first-order chi connectivity index (χ1) is 14.8. The van der Waals surface area contributed by atoms with Crippen LogP contribution in [0.4, 0.5) is 17.1 Å². The van der Waals surface area contributed by atoms with E-state index < -0.39 is 0 Å². The topological polar surface area (TPSA) is 61.2 Å². The Bertz CT molecular complexity index is 1130. The number of hydrogen-bond acceptors (Lipinski definition) is 5. The van der Waals surface area contributed by atoms with Crippen LogP contribution in [0.5, 0.6) is 0 Å². The normalized spacial score (nSPS) is 13.7. The van der Waals surface area contributed by atoms with Gasteiger partial charge in [-0.05, 0) is 41.8 Å². The standard InChI is InChI=1S/C24H23N5S/c25-19-10-11-24-23(14-19)28(16-20-15-26-17-27-20)12-13-29(30-24)22-9-5-4-8-21(22)18-6-2-1-3-7-18/h1-11,14-15,17H,12-13,16,25H2,(H,26,27).